The molecular weight excluding hydrogens is 208 g/mol. The SMILES string of the molecule is Cc1ccccc1Cn1cnc(CCl)c1. The standard InChI is InChI=1S/C12H13ClN2/c1-10-4-2-3-5-11(10)7-15-8-12(6-13)14-9-15/h2-5,8-9H,6-7H2,1H3. The Morgan fingerprint density at radius 2 is 2.13 bits per heavy atom. The maximum absolute atomic E-state index is 5.70. The molecular formula is C12H13ClN2. The average Bonchev–Trinajstić information content (AvgIpc) is 2.69. The molecule has 2 nitrogen and oxygen atoms in total. The summed E-state index contributed by atoms with van der Waals surface area (Å²) in [5.41, 5.74) is 3.54. The van der Waals surface area contributed by atoms with Crippen LogP contribution in [0.4, 0.5) is 0 Å². The van der Waals surface area contributed by atoms with Gasteiger partial charge in [-0.15, -0.1) is 11.6 Å². The van der Waals surface area contributed by atoms with Crippen LogP contribution in [0.2, 0.25) is 0 Å². The van der Waals surface area contributed by atoms with Crippen molar-refractivity contribution in [2.24, 2.45) is 0 Å². The number of hydrogen-bond acceptors (Lipinski definition) is 1. The van der Waals surface area contributed by atoms with Crippen LogP contribution >= 0.6 is 11.6 Å². The normalized spacial score (nSPS) is 10.5. The van der Waals surface area contributed by atoms with Gasteiger partial charge in [-0.2, -0.15) is 0 Å². The third-order valence-electron chi connectivity index (χ3n) is 2.44. The summed E-state index contributed by atoms with van der Waals surface area (Å²) in [7, 11) is 0. The second-order valence-electron chi connectivity index (χ2n) is 3.60. The van der Waals surface area contributed by atoms with Crippen molar-refractivity contribution < 1.29 is 0 Å². The molecule has 78 valence electrons. The Kier molecular flexibility index (Phi) is 3.07. The number of nitrogens with zero attached hydrogens (tertiary/aromatic N) is 2. The number of alkyl halides is 1. The summed E-state index contributed by atoms with van der Waals surface area (Å²) in [6.45, 7) is 2.98. The van der Waals surface area contributed by atoms with Crippen molar-refractivity contribution in [3.63, 3.8) is 0 Å². The van der Waals surface area contributed by atoms with Crippen molar-refractivity contribution in [1.82, 2.24) is 9.55 Å². The Bertz CT molecular complexity index is 448. The van der Waals surface area contributed by atoms with E-state index >= 15 is 0 Å². The predicted molar refractivity (Wildman–Crippen MR) is 62.1 cm³/mol. The Morgan fingerprint density at radius 1 is 1.33 bits per heavy atom. The molecule has 0 atom stereocenters. The van der Waals surface area contributed by atoms with Crippen LogP contribution in [0.3, 0.4) is 0 Å². The van der Waals surface area contributed by atoms with Crippen LogP contribution in [-0.2, 0) is 12.4 Å². The number of aromatic nitrogens is 2. The number of aryl methyl sites for hydroxylation is 1. The first-order chi connectivity index (χ1) is 7.29. The topological polar surface area (TPSA) is 17.8 Å². The highest BCUT2D eigenvalue weighted by Gasteiger charge is 2.00. The van der Waals surface area contributed by atoms with Crippen molar-refractivity contribution in [2.75, 3.05) is 0 Å². The summed E-state index contributed by atoms with van der Waals surface area (Å²) < 4.78 is 2.06. The molecule has 3 heteroatoms. The van der Waals surface area contributed by atoms with E-state index in [1.807, 2.05) is 12.5 Å². The zero-order valence-electron chi connectivity index (χ0n) is 8.65. The first-order valence-corrected chi connectivity index (χ1v) is 5.44. The molecule has 0 fully saturated rings. The third-order valence-corrected chi connectivity index (χ3v) is 2.71. The van der Waals surface area contributed by atoms with Crippen molar-refractivity contribution in [2.45, 2.75) is 19.3 Å². The van der Waals surface area contributed by atoms with Gasteiger partial charge < -0.3 is 4.57 Å². The van der Waals surface area contributed by atoms with Crippen molar-refractivity contribution in [3.05, 3.63) is 53.6 Å². The first-order valence-electron chi connectivity index (χ1n) is 4.90. The fourth-order valence-corrected chi connectivity index (χ4v) is 1.68. The lowest BCUT2D eigenvalue weighted by atomic mass is 10.1. The zero-order valence-corrected chi connectivity index (χ0v) is 9.41. The minimum absolute atomic E-state index is 0.473. The minimum atomic E-state index is 0.473. The molecule has 0 aliphatic carbocycles. The Balaban J connectivity index is 2.18. The lowest BCUT2D eigenvalue weighted by Crippen LogP contribution is -1.98. The van der Waals surface area contributed by atoms with Gasteiger partial charge in [0, 0.05) is 12.7 Å². The van der Waals surface area contributed by atoms with Gasteiger partial charge in [0.05, 0.1) is 17.9 Å². The van der Waals surface area contributed by atoms with E-state index in [0.29, 0.717) is 5.88 Å². The highest BCUT2D eigenvalue weighted by Crippen LogP contribution is 2.10. The molecule has 0 saturated heterocycles. The monoisotopic (exact) mass is 220 g/mol. The van der Waals surface area contributed by atoms with Crippen LogP contribution in [0.15, 0.2) is 36.8 Å². The van der Waals surface area contributed by atoms with E-state index in [1.165, 1.54) is 11.1 Å². The maximum Gasteiger partial charge on any atom is 0.0953 e. The lowest BCUT2D eigenvalue weighted by Gasteiger charge is -2.05. The predicted octanol–water partition coefficient (Wildman–Crippen LogP) is 2.98. The van der Waals surface area contributed by atoms with Crippen LogP contribution in [0.25, 0.3) is 0 Å². The summed E-state index contributed by atoms with van der Waals surface area (Å²) in [6.07, 6.45) is 3.81. The van der Waals surface area contributed by atoms with Crippen molar-refractivity contribution in [3.8, 4) is 0 Å². The molecule has 2 aromatic rings. The van der Waals surface area contributed by atoms with E-state index in [9.17, 15) is 0 Å². The smallest absolute Gasteiger partial charge is 0.0953 e. The average molecular weight is 221 g/mol. The molecule has 0 unspecified atom stereocenters. The number of rotatable bonds is 3. The van der Waals surface area contributed by atoms with Gasteiger partial charge in [-0.25, -0.2) is 4.98 Å². The van der Waals surface area contributed by atoms with Gasteiger partial charge >= 0.3 is 0 Å². The molecule has 0 bridgehead atoms. The highest BCUT2D eigenvalue weighted by molar-refractivity contribution is 6.16. The molecule has 0 amide bonds. The molecule has 1 aromatic heterocycles. The Labute approximate surface area is 94.5 Å². The van der Waals surface area contributed by atoms with Crippen LogP contribution in [-0.4, -0.2) is 9.55 Å². The van der Waals surface area contributed by atoms with Crippen LogP contribution < -0.4 is 0 Å². The summed E-state index contributed by atoms with van der Waals surface area (Å²) in [5, 5.41) is 0. The van der Waals surface area contributed by atoms with E-state index in [0.717, 1.165) is 12.2 Å². The highest BCUT2D eigenvalue weighted by atomic mass is 35.5. The summed E-state index contributed by atoms with van der Waals surface area (Å²) in [4.78, 5) is 4.19. The fraction of sp³-hybridized carbons (Fsp3) is 0.250. The van der Waals surface area contributed by atoms with Gasteiger partial charge in [0.2, 0.25) is 0 Å². The zero-order chi connectivity index (χ0) is 10.7. The lowest BCUT2D eigenvalue weighted by molar-refractivity contribution is 0.791. The molecule has 0 saturated carbocycles. The molecule has 15 heavy (non-hydrogen) atoms. The molecule has 0 radical (unpaired) electrons. The number of imidazole rings is 1. The van der Waals surface area contributed by atoms with E-state index in [2.05, 4.69) is 40.7 Å². The quantitative estimate of drug-likeness (QED) is 0.728. The summed E-state index contributed by atoms with van der Waals surface area (Å²) in [6, 6.07) is 8.36. The first kappa shape index (κ1) is 10.2. The molecule has 0 aliphatic rings. The van der Waals surface area contributed by atoms with Gasteiger partial charge in [0.15, 0.2) is 0 Å². The van der Waals surface area contributed by atoms with Gasteiger partial charge in [-0.1, -0.05) is 24.3 Å². The number of benzene rings is 1. The van der Waals surface area contributed by atoms with Gasteiger partial charge in [-0.05, 0) is 18.1 Å². The Hall–Kier alpha value is -1.28. The summed E-state index contributed by atoms with van der Waals surface area (Å²) in [5.74, 6) is 0.473. The van der Waals surface area contributed by atoms with Crippen LogP contribution in [0.5, 0.6) is 0 Å². The number of halogens is 1. The Morgan fingerprint density at radius 3 is 2.80 bits per heavy atom. The fourth-order valence-electron chi connectivity index (χ4n) is 1.55. The molecule has 1 heterocycles. The van der Waals surface area contributed by atoms with E-state index in [-0.39, 0.29) is 0 Å². The van der Waals surface area contributed by atoms with Gasteiger partial charge in [0.25, 0.3) is 0 Å². The second kappa shape index (κ2) is 4.49. The van der Waals surface area contributed by atoms with Gasteiger partial charge in [0.1, 0.15) is 0 Å². The second-order valence-corrected chi connectivity index (χ2v) is 3.86. The molecule has 2 rings (SSSR count). The van der Waals surface area contributed by atoms with E-state index in [1.54, 1.807) is 0 Å². The maximum atomic E-state index is 5.70. The van der Waals surface area contributed by atoms with Crippen LogP contribution in [0, 0.1) is 6.92 Å². The van der Waals surface area contributed by atoms with Crippen LogP contribution in [0.1, 0.15) is 16.8 Å². The number of hydrogen-bond donors (Lipinski definition) is 0. The van der Waals surface area contributed by atoms with Crippen molar-refractivity contribution >= 4 is 11.6 Å². The third kappa shape index (κ3) is 2.39. The molecule has 0 aliphatic heterocycles. The summed E-state index contributed by atoms with van der Waals surface area (Å²) >= 11 is 5.70. The van der Waals surface area contributed by atoms with Crippen molar-refractivity contribution in [1.29, 1.82) is 0 Å². The molecule has 0 N–H and O–H groups in total. The van der Waals surface area contributed by atoms with Gasteiger partial charge in [-0.3, -0.25) is 0 Å². The minimum Gasteiger partial charge on any atom is -0.333 e. The molecule has 0 spiro atoms. The van der Waals surface area contributed by atoms with E-state index in [4.69, 9.17) is 11.6 Å². The largest absolute Gasteiger partial charge is 0.333 e. The van der Waals surface area contributed by atoms with E-state index < -0.39 is 0 Å². The molecule has 1 aromatic carbocycles.